The van der Waals surface area contributed by atoms with Gasteiger partial charge in [-0.2, -0.15) is 0 Å². The highest BCUT2D eigenvalue weighted by Gasteiger charge is 1.94. The van der Waals surface area contributed by atoms with Crippen LogP contribution in [0.3, 0.4) is 0 Å². The molecule has 0 aliphatic rings. The maximum absolute atomic E-state index is 10.4. The van der Waals surface area contributed by atoms with Gasteiger partial charge in [-0.15, -0.1) is 0 Å². The smallest absolute Gasteiger partial charge is 0.303 e. The zero-order valence-electron chi connectivity index (χ0n) is 15.7. The molecular formula is C22H38O2. The summed E-state index contributed by atoms with van der Waals surface area (Å²) in [6.45, 7) is 2.17. The van der Waals surface area contributed by atoms with Gasteiger partial charge in [0.15, 0.2) is 0 Å². The number of allylic oxidation sites excluding steroid dienone is 6. The first kappa shape index (κ1) is 22.7. The van der Waals surface area contributed by atoms with Gasteiger partial charge >= 0.3 is 5.97 Å². The van der Waals surface area contributed by atoms with Crippen LogP contribution in [0, 0.1) is 0 Å². The Kier molecular flexibility index (Phi) is 18.7. The molecule has 0 bridgehead atoms. The second kappa shape index (κ2) is 19.7. The molecule has 138 valence electrons. The Labute approximate surface area is 149 Å². The molecule has 0 heterocycles. The van der Waals surface area contributed by atoms with Crippen molar-refractivity contribution in [2.45, 2.75) is 96.8 Å². The third-order valence-electron chi connectivity index (χ3n) is 4.01. The molecule has 1 N–H and O–H groups in total. The van der Waals surface area contributed by atoms with Crippen LogP contribution in [0.2, 0.25) is 0 Å². The molecule has 0 aromatic rings. The van der Waals surface area contributed by atoms with Crippen molar-refractivity contribution in [1.29, 1.82) is 0 Å². The Hall–Kier alpha value is -1.31. The summed E-state index contributed by atoms with van der Waals surface area (Å²) >= 11 is 0. The van der Waals surface area contributed by atoms with E-state index in [0.717, 1.165) is 32.1 Å². The third kappa shape index (κ3) is 20.7. The average Bonchev–Trinajstić information content (AvgIpc) is 2.56. The van der Waals surface area contributed by atoms with E-state index in [2.05, 4.69) is 43.4 Å². The Balaban J connectivity index is 3.17. The van der Waals surface area contributed by atoms with Crippen molar-refractivity contribution >= 4 is 5.97 Å². The van der Waals surface area contributed by atoms with Gasteiger partial charge in [0.05, 0.1) is 0 Å². The fraction of sp³-hybridized carbons (Fsp3) is 0.682. The van der Waals surface area contributed by atoms with E-state index in [9.17, 15) is 4.79 Å². The lowest BCUT2D eigenvalue weighted by molar-refractivity contribution is -0.137. The molecule has 0 aliphatic heterocycles. The molecule has 0 rings (SSSR count). The predicted molar refractivity (Wildman–Crippen MR) is 105 cm³/mol. The van der Waals surface area contributed by atoms with E-state index >= 15 is 0 Å². The molecule has 0 atom stereocenters. The maximum atomic E-state index is 10.4. The molecule has 0 fully saturated rings. The summed E-state index contributed by atoms with van der Waals surface area (Å²) in [6.07, 6.45) is 29.3. The van der Waals surface area contributed by atoms with E-state index in [1.165, 1.54) is 51.4 Å². The Bertz CT molecular complexity index is 353. The second-order valence-corrected chi connectivity index (χ2v) is 6.40. The SMILES string of the molecule is CC/C=C/C/C=C/CCCCCCCC/C=C/CCCCC(=O)O. The van der Waals surface area contributed by atoms with Crippen LogP contribution in [0.25, 0.3) is 0 Å². The zero-order chi connectivity index (χ0) is 17.7. The highest BCUT2D eigenvalue weighted by Crippen LogP contribution is 2.10. The fourth-order valence-corrected chi connectivity index (χ4v) is 2.56. The molecule has 0 saturated heterocycles. The number of carbonyl (C=O) groups is 1. The van der Waals surface area contributed by atoms with E-state index in [-0.39, 0.29) is 0 Å². The van der Waals surface area contributed by atoms with E-state index in [0.29, 0.717) is 6.42 Å². The molecule has 0 amide bonds. The van der Waals surface area contributed by atoms with Crippen molar-refractivity contribution in [2.75, 3.05) is 0 Å². The minimum Gasteiger partial charge on any atom is -0.481 e. The Morgan fingerprint density at radius 2 is 1.12 bits per heavy atom. The van der Waals surface area contributed by atoms with Crippen molar-refractivity contribution in [3.63, 3.8) is 0 Å². The van der Waals surface area contributed by atoms with Gasteiger partial charge in [-0.25, -0.2) is 0 Å². The molecule has 0 aromatic heterocycles. The zero-order valence-corrected chi connectivity index (χ0v) is 15.7. The largest absolute Gasteiger partial charge is 0.481 e. The lowest BCUT2D eigenvalue weighted by Crippen LogP contribution is -1.92. The number of rotatable bonds is 17. The number of hydrogen-bond donors (Lipinski definition) is 1. The van der Waals surface area contributed by atoms with Crippen LogP contribution >= 0.6 is 0 Å². The summed E-state index contributed by atoms with van der Waals surface area (Å²) in [5, 5.41) is 8.53. The minimum atomic E-state index is -0.681. The summed E-state index contributed by atoms with van der Waals surface area (Å²) in [5.74, 6) is -0.681. The number of aliphatic carboxylic acids is 1. The van der Waals surface area contributed by atoms with E-state index < -0.39 is 5.97 Å². The van der Waals surface area contributed by atoms with Gasteiger partial charge in [-0.05, 0) is 57.8 Å². The second-order valence-electron chi connectivity index (χ2n) is 6.40. The van der Waals surface area contributed by atoms with Crippen LogP contribution in [0.15, 0.2) is 36.5 Å². The molecule has 0 aromatic carbocycles. The summed E-state index contributed by atoms with van der Waals surface area (Å²) < 4.78 is 0. The fourth-order valence-electron chi connectivity index (χ4n) is 2.56. The Morgan fingerprint density at radius 1 is 0.667 bits per heavy atom. The molecule has 0 aliphatic carbocycles. The first-order chi connectivity index (χ1) is 11.8. The van der Waals surface area contributed by atoms with Crippen LogP contribution in [0.1, 0.15) is 96.8 Å². The van der Waals surface area contributed by atoms with Crippen molar-refractivity contribution in [3.8, 4) is 0 Å². The van der Waals surface area contributed by atoms with Gasteiger partial charge in [-0.3, -0.25) is 4.79 Å². The lowest BCUT2D eigenvalue weighted by Gasteiger charge is -1.99. The van der Waals surface area contributed by atoms with E-state index in [1.54, 1.807) is 0 Å². The highest BCUT2D eigenvalue weighted by atomic mass is 16.4. The Morgan fingerprint density at radius 3 is 1.67 bits per heavy atom. The third-order valence-corrected chi connectivity index (χ3v) is 4.01. The molecule has 2 nitrogen and oxygen atoms in total. The molecule has 24 heavy (non-hydrogen) atoms. The molecular weight excluding hydrogens is 296 g/mol. The van der Waals surface area contributed by atoms with Gasteiger partial charge in [0, 0.05) is 6.42 Å². The van der Waals surface area contributed by atoms with Crippen LogP contribution < -0.4 is 0 Å². The molecule has 0 saturated carbocycles. The summed E-state index contributed by atoms with van der Waals surface area (Å²) in [5.41, 5.74) is 0. The molecule has 0 radical (unpaired) electrons. The number of carboxylic acid groups (broad SMARTS) is 1. The van der Waals surface area contributed by atoms with E-state index in [4.69, 9.17) is 5.11 Å². The lowest BCUT2D eigenvalue weighted by atomic mass is 10.1. The van der Waals surface area contributed by atoms with Crippen LogP contribution in [-0.4, -0.2) is 11.1 Å². The average molecular weight is 335 g/mol. The van der Waals surface area contributed by atoms with Crippen molar-refractivity contribution in [2.24, 2.45) is 0 Å². The van der Waals surface area contributed by atoms with E-state index in [1.807, 2.05) is 0 Å². The van der Waals surface area contributed by atoms with Crippen LogP contribution in [0.5, 0.6) is 0 Å². The van der Waals surface area contributed by atoms with Gasteiger partial charge < -0.3 is 5.11 Å². The number of carboxylic acids is 1. The topological polar surface area (TPSA) is 37.3 Å². The van der Waals surface area contributed by atoms with Crippen LogP contribution in [0.4, 0.5) is 0 Å². The normalized spacial score (nSPS) is 12.0. The van der Waals surface area contributed by atoms with Crippen molar-refractivity contribution < 1.29 is 9.90 Å². The van der Waals surface area contributed by atoms with Gasteiger partial charge in [0.2, 0.25) is 0 Å². The van der Waals surface area contributed by atoms with Crippen molar-refractivity contribution in [3.05, 3.63) is 36.5 Å². The highest BCUT2D eigenvalue weighted by molar-refractivity contribution is 5.66. The summed E-state index contributed by atoms with van der Waals surface area (Å²) in [6, 6.07) is 0. The molecule has 0 spiro atoms. The number of unbranched alkanes of at least 4 members (excludes halogenated alkanes) is 9. The summed E-state index contributed by atoms with van der Waals surface area (Å²) in [4.78, 5) is 10.4. The molecule has 0 unspecified atom stereocenters. The van der Waals surface area contributed by atoms with Gasteiger partial charge in [0.25, 0.3) is 0 Å². The minimum absolute atomic E-state index is 0.305. The maximum Gasteiger partial charge on any atom is 0.303 e. The predicted octanol–water partition coefficient (Wildman–Crippen LogP) is 7.22. The monoisotopic (exact) mass is 334 g/mol. The molecule has 2 heteroatoms. The number of hydrogen-bond acceptors (Lipinski definition) is 1. The first-order valence-electron chi connectivity index (χ1n) is 9.94. The van der Waals surface area contributed by atoms with Gasteiger partial charge in [0.1, 0.15) is 0 Å². The first-order valence-corrected chi connectivity index (χ1v) is 9.94. The standard InChI is InChI=1S/C22H38O2/c1-2-3-4-5-6-7-8-9-10-11-12-13-14-15-16-17-18-19-20-21-22(23)24/h3-4,6-7,16-17H,2,5,8-15,18-21H2,1H3,(H,23,24)/b4-3+,7-6+,17-16+. The summed E-state index contributed by atoms with van der Waals surface area (Å²) in [7, 11) is 0. The van der Waals surface area contributed by atoms with Crippen molar-refractivity contribution in [1.82, 2.24) is 0 Å². The quantitative estimate of drug-likeness (QED) is 0.225. The van der Waals surface area contributed by atoms with Gasteiger partial charge in [-0.1, -0.05) is 69.1 Å². The van der Waals surface area contributed by atoms with Crippen LogP contribution in [-0.2, 0) is 4.79 Å².